The number of carbonyl (C=O) groups excluding carboxylic acids is 1. The first-order valence-corrected chi connectivity index (χ1v) is 11.3. The van der Waals surface area contributed by atoms with Crippen molar-refractivity contribution in [1.29, 1.82) is 0 Å². The van der Waals surface area contributed by atoms with E-state index in [2.05, 4.69) is 21.9 Å². The van der Waals surface area contributed by atoms with E-state index in [9.17, 15) is 9.18 Å². The molecule has 1 aliphatic heterocycles. The number of halogens is 1. The van der Waals surface area contributed by atoms with Crippen LogP contribution in [0.4, 0.5) is 15.8 Å². The van der Waals surface area contributed by atoms with E-state index in [1.165, 1.54) is 23.5 Å². The zero-order valence-corrected chi connectivity index (χ0v) is 18.6. The van der Waals surface area contributed by atoms with Gasteiger partial charge in [0, 0.05) is 20.1 Å². The van der Waals surface area contributed by atoms with Gasteiger partial charge in [0.25, 0.3) is 5.91 Å². The van der Waals surface area contributed by atoms with Crippen molar-refractivity contribution in [3.8, 4) is 16.4 Å². The number of amides is 1. The largest absolute Gasteiger partial charge is 0.373 e. The molecule has 1 amide bonds. The number of fused-ring (bicyclic) bond motifs is 1. The molecule has 0 fully saturated rings. The maximum absolute atomic E-state index is 13.9. The van der Waals surface area contributed by atoms with E-state index in [1.807, 2.05) is 48.8 Å². The van der Waals surface area contributed by atoms with Gasteiger partial charge in [0.15, 0.2) is 5.82 Å². The van der Waals surface area contributed by atoms with Crippen LogP contribution in [-0.2, 0) is 0 Å². The minimum absolute atomic E-state index is 0.0872. The fourth-order valence-electron chi connectivity index (χ4n) is 4.12. The summed E-state index contributed by atoms with van der Waals surface area (Å²) in [5, 5.41) is 6.48. The molecule has 5 rings (SSSR count). The van der Waals surface area contributed by atoms with Gasteiger partial charge in [-0.1, -0.05) is 31.2 Å². The molecule has 0 aliphatic carbocycles. The lowest BCUT2D eigenvalue weighted by Crippen LogP contribution is -2.35. The molecule has 4 aromatic rings. The molecule has 0 radical (unpaired) electrons. The lowest BCUT2D eigenvalue weighted by Gasteiger charge is -2.23. The van der Waals surface area contributed by atoms with Crippen molar-refractivity contribution in [3.63, 3.8) is 0 Å². The average Bonchev–Trinajstić information content (AvgIpc) is 3.44. The minimum atomic E-state index is -0.374. The molecule has 1 unspecified atom stereocenters. The van der Waals surface area contributed by atoms with Gasteiger partial charge in [-0.05, 0) is 47.7 Å². The first-order valence-electron chi connectivity index (χ1n) is 10.4. The van der Waals surface area contributed by atoms with Crippen molar-refractivity contribution in [2.24, 2.45) is 5.92 Å². The van der Waals surface area contributed by atoms with Crippen molar-refractivity contribution in [2.75, 3.05) is 29.9 Å². The van der Waals surface area contributed by atoms with Gasteiger partial charge in [0.2, 0.25) is 5.82 Å². The van der Waals surface area contributed by atoms with Crippen LogP contribution < -0.4 is 9.80 Å². The minimum Gasteiger partial charge on any atom is -0.373 e. The van der Waals surface area contributed by atoms with Gasteiger partial charge in [0.05, 0.1) is 21.9 Å². The monoisotopic (exact) mass is 447 g/mol. The summed E-state index contributed by atoms with van der Waals surface area (Å²) >= 11 is 1.49. The van der Waals surface area contributed by atoms with E-state index < -0.39 is 0 Å². The summed E-state index contributed by atoms with van der Waals surface area (Å²) < 4.78 is 15.5. The molecule has 2 aromatic heterocycles. The number of aromatic nitrogens is 3. The van der Waals surface area contributed by atoms with Gasteiger partial charge in [-0.25, -0.2) is 14.1 Å². The van der Waals surface area contributed by atoms with Crippen molar-refractivity contribution in [2.45, 2.75) is 6.92 Å². The first kappa shape index (κ1) is 20.4. The van der Waals surface area contributed by atoms with E-state index in [1.54, 1.807) is 21.7 Å². The number of thiophene rings is 1. The summed E-state index contributed by atoms with van der Waals surface area (Å²) in [5.41, 5.74) is 2.35. The van der Waals surface area contributed by atoms with Crippen LogP contribution in [-0.4, -0.2) is 40.8 Å². The highest BCUT2D eigenvalue weighted by Crippen LogP contribution is 2.34. The molecule has 0 saturated carbocycles. The Morgan fingerprint density at radius 3 is 2.62 bits per heavy atom. The molecular weight excluding hydrogens is 425 g/mol. The fraction of sp³-hybridized carbons (Fsp3) is 0.208. The molecule has 162 valence electrons. The Morgan fingerprint density at radius 1 is 1.06 bits per heavy atom. The summed E-state index contributed by atoms with van der Waals surface area (Å²) in [4.78, 5) is 23.1. The third-order valence-electron chi connectivity index (χ3n) is 5.50. The molecule has 1 atom stereocenters. The van der Waals surface area contributed by atoms with Gasteiger partial charge in [-0.15, -0.1) is 16.4 Å². The number of rotatable bonds is 3. The summed E-state index contributed by atoms with van der Waals surface area (Å²) in [5.74, 6) is 0.221. The number of hydrogen-bond acceptors (Lipinski definition) is 5. The highest BCUT2D eigenvalue weighted by atomic mass is 32.1. The summed E-state index contributed by atoms with van der Waals surface area (Å²) in [6.45, 7) is 3.52. The Morgan fingerprint density at radius 2 is 1.88 bits per heavy atom. The van der Waals surface area contributed by atoms with Crippen LogP contribution in [0.15, 0.2) is 66.0 Å². The number of para-hydroxylation sites is 2. The van der Waals surface area contributed by atoms with E-state index in [0.29, 0.717) is 18.1 Å². The van der Waals surface area contributed by atoms with Crippen molar-refractivity contribution >= 4 is 28.6 Å². The molecule has 32 heavy (non-hydrogen) atoms. The van der Waals surface area contributed by atoms with Crippen LogP contribution in [0, 0.1) is 11.7 Å². The van der Waals surface area contributed by atoms with Crippen LogP contribution >= 0.6 is 11.3 Å². The second-order valence-corrected chi connectivity index (χ2v) is 8.97. The Balaban J connectivity index is 1.61. The molecule has 0 spiro atoms. The molecule has 8 heteroatoms. The quantitative estimate of drug-likeness (QED) is 0.450. The van der Waals surface area contributed by atoms with Crippen LogP contribution in [0.25, 0.3) is 16.4 Å². The Hall–Kier alpha value is -3.52. The number of anilines is 2. The molecule has 3 heterocycles. The second kappa shape index (κ2) is 8.20. The Labute approximate surface area is 189 Å². The topological polar surface area (TPSA) is 54.3 Å². The van der Waals surface area contributed by atoms with Crippen molar-refractivity contribution in [1.82, 2.24) is 14.8 Å². The Kier molecular flexibility index (Phi) is 5.22. The lowest BCUT2D eigenvalue weighted by atomic mass is 10.1. The normalized spacial score (nSPS) is 16.0. The van der Waals surface area contributed by atoms with Gasteiger partial charge in [-0.3, -0.25) is 4.79 Å². The molecule has 2 aromatic carbocycles. The van der Waals surface area contributed by atoms with Crippen molar-refractivity contribution < 1.29 is 9.18 Å². The van der Waals surface area contributed by atoms with E-state index in [-0.39, 0.29) is 23.5 Å². The van der Waals surface area contributed by atoms with Gasteiger partial charge in [-0.2, -0.15) is 0 Å². The zero-order chi connectivity index (χ0) is 22.2. The number of nitrogens with zero attached hydrogens (tertiary/aromatic N) is 5. The molecule has 1 aliphatic rings. The van der Waals surface area contributed by atoms with Crippen LogP contribution in [0.5, 0.6) is 0 Å². The first-order chi connectivity index (χ1) is 15.5. The van der Waals surface area contributed by atoms with Crippen molar-refractivity contribution in [3.05, 3.63) is 77.7 Å². The molecule has 0 N–H and O–H groups in total. The van der Waals surface area contributed by atoms with Crippen LogP contribution in [0.3, 0.4) is 0 Å². The third-order valence-corrected chi connectivity index (χ3v) is 6.37. The predicted molar refractivity (Wildman–Crippen MR) is 125 cm³/mol. The van der Waals surface area contributed by atoms with Crippen LogP contribution in [0.2, 0.25) is 0 Å². The van der Waals surface area contributed by atoms with Gasteiger partial charge < -0.3 is 9.80 Å². The highest BCUT2D eigenvalue weighted by Gasteiger charge is 2.30. The summed E-state index contributed by atoms with van der Waals surface area (Å²) in [6.07, 6.45) is 0. The molecule has 6 nitrogen and oxygen atoms in total. The Bertz CT molecular complexity index is 1270. The van der Waals surface area contributed by atoms with Gasteiger partial charge in [0.1, 0.15) is 5.82 Å². The highest BCUT2D eigenvalue weighted by molar-refractivity contribution is 7.13. The summed E-state index contributed by atoms with van der Waals surface area (Å²) in [6, 6.07) is 17.8. The van der Waals surface area contributed by atoms with E-state index in [4.69, 9.17) is 0 Å². The average molecular weight is 448 g/mol. The van der Waals surface area contributed by atoms with Crippen LogP contribution in [0.1, 0.15) is 17.5 Å². The molecule has 0 bridgehead atoms. The lowest BCUT2D eigenvalue weighted by molar-refractivity contribution is 0.0974. The predicted octanol–water partition coefficient (Wildman–Crippen LogP) is 4.87. The fourth-order valence-corrected chi connectivity index (χ4v) is 4.82. The smallest absolute Gasteiger partial charge is 0.298 e. The standard InChI is InChI=1S/C24H22FN5OS/c1-16-14-28(2)19-9-3-4-10-20(19)29(15-16)24(31)22-26-23(21-11-6-12-32-21)30(27-22)18-8-5-7-17(25)13-18/h3-13,16H,14-15H2,1-2H3. The maximum atomic E-state index is 13.9. The third kappa shape index (κ3) is 3.67. The number of carbonyl (C=O) groups is 1. The summed E-state index contributed by atoms with van der Waals surface area (Å²) in [7, 11) is 2.04. The van der Waals surface area contributed by atoms with E-state index in [0.717, 1.165) is 22.8 Å². The molecule has 0 saturated heterocycles. The SMILES string of the molecule is CC1CN(C)c2ccccc2N(C(=O)c2nc(-c3cccs3)n(-c3cccc(F)c3)n2)C1. The second-order valence-electron chi connectivity index (χ2n) is 8.02. The zero-order valence-electron chi connectivity index (χ0n) is 17.8. The van der Waals surface area contributed by atoms with E-state index >= 15 is 0 Å². The molecular formula is C24H22FN5OS. The maximum Gasteiger partial charge on any atom is 0.298 e. The van der Waals surface area contributed by atoms with Gasteiger partial charge >= 0.3 is 0 Å². The number of benzene rings is 2. The number of hydrogen-bond donors (Lipinski definition) is 0.